The summed E-state index contributed by atoms with van der Waals surface area (Å²) in [4.78, 5) is 105. The molecule has 1 aliphatic rings. The average molecular weight is 1150 g/mol. The highest BCUT2D eigenvalue weighted by Crippen LogP contribution is 2.17. The number of hydrogen-bond donors (Lipinski definition) is 6. The van der Waals surface area contributed by atoms with Crippen LogP contribution in [0.1, 0.15) is 195 Å². The molecule has 22 heteroatoms. The van der Waals surface area contributed by atoms with Crippen LogP contribution in [0.15, 0.2) is 0 Å². The first kappa shape index (κ1) is 72.6. The van der Waals surface area contributed by atoms with Crippen LogP contribution in [0, 0.1) is 0 Å². The first-order chi connectivity index (χ1) is 37.5. The van der Waals surface area contributed by atoms with Crippen LogP contribution in [0.2, 0.25) is 0 Å². The zero-order chi connectivity index (χ0) is 57.8. The summed E-state index contributed by atoms with van der Waals surface area (Å²) in [6, 6.07) is -2.39. The Labute approximate surface area is 474 Å². The van der Waals surface area contributed by atoms with Gasteiger partial charge in [0.15, 0.2) is 10.2 Å². The molecule has 1 aliphatic heterocycles. The number of nitrogens with one attached hydrogen (secondary N) is 2. The molecule has 1 rings (SSSR count). The molecular formula is C56H100N4O16S2. The third kappa shape index (κ3) is 39.9. The summed E-state index contributed by atoms with van der Waals surface area (Å²) in [6.45, 7) is 7.60. The van der Waals surface area contributed by atoms with Gasteiger partial charge in [-0.2, -0.15) is 0 Å². The second-order valence-electron chi connectivity index (χ2n) is 20.5. The number of esters is 4. The number of aliphatic hydroxyl groups is 4. The largest absolute Gasteiger partial charge is 0.463 e. The van der Waals surface area contributed by atoms with E-state index in [0.29, 0.717) is 25.7 Å². The standard InChI is InChI=1S/C56H100N4O16S2/c1-5-9-13-17-21-25-49(65)73-39-43(61)35-59(36-44(62)40-74-50(66)26-22-18-14-10-6-2)29-31-77-53(69)33-47-55(71)58-48(56(72)57-47)34-54(70)78-32-30-60(37-45(63)41-75-51(67)27-23-19-15-11-7-3)38-46(64)42-76-52(68)28-24-20-16-12-8-4/h43-48,61-64H,5-42H2,1-4H3,(H,57,72)(H,58,71). The highest BCUT2D eigenvalue weighted by molar-refractivity contribution is 8.13. The summed E-state index contributed by atoms with van der Waals surface area (Å²) in [6.07, 6.45) is 15.0. The first-order valence-corrected chi connectivity index (χ1v) is 31.2. The van der Waals surface area contributed by atoms with Crippen LogP contribution in [0.5, 0.6) is 0 Å². The maximum atomic E-state index is 13.1. The number of carbonyl (C=O) groups excluding carboxylic acids is 8. The minimum atomic E-state index is -1.19. The van der Waals surface area contributed by atoms with E-state index in [4.69, 9.17) is 18.9 Å². The molecule has 0 aromatic carbocycles. The van der Waals surface area contributed by atoms with Crippen LogP contribution in [0.4, 0.5) is 0 Å². The van der Waals surface area contributed by atoms with E-state index in [-0.39, 0.29) is 116 Å². The number of piperazine rings is 1. The number of aliphatic hydroxyl groups excluding tert-OH is 4. The second kappa shape index (κ2) is 47.3. The zero-order valence-electron chi connectivity index (χ0n) is 47.7. The Morgan fingerprint density at radius 1 is 0.423 bits per heavy atom. The van der Waals surface area contributed by atoms with Gasteiger partial charge in [0.1, 0.15) is 62.9 Å². The average Bonchev–Trinajstić information content (AvgIpc) is 3.39. The van der Waals surface area contributed by atoms with Crippen molar-refractivity contribution in [3.8, 4) is 0 Å². The fourth-order valence-corrected chi connectivity index (χ4v) is 10.2. The summed E-state index contributed by atoms with van der Waals surface area (Å²) in [5, 5.41) is 47.4. The molecule has 6 atom stereocenters. The first-order valence-electron chi connectivity index (χ1n) is 29.2. The van der Waals surface area contributed by atoms with Gasteiger partial charge in [-0.25, -0.2) is 0 Å². The predicted molar refractivity (Wildman–Crippen MR) is 302 cm³/mol. The summed E-state index contributed by atoms with van der Waals surface area (Å²) >= 11 is 1.77. The minimum absolute atomic E-state index is 0.0268. The number of rotatable bonds is 50. The number of thioether (sulfide) groups is 2. The molecular weight excluding hydrogens is 1050 g/mol. The molecule has 0 radical (unpaired) electrons. The van der Waals surface area contributed by atoms with E-state index in [9.17, 15) is 58.8 Å². The van der Waals surface area contributed by atoms with E-state index in [2.05, 4.69) is 38.3 Å². The fourth-order valence-electron chi connectivity index (χ4n) is 8.45. The number of nitrogens with zero attached hydrogens (tertiary/aromatic N) is 2. The molecule has 20 nitrogen and oxygen atoms in total. The van der Waals surface area contributed by atoms with Crippen LogP contribution in [0.3, 0.4) is 0 Å². The van der Waals surface area contributed by atoms with Crippen molar-refractivity contribution in [2.24, 2.45) is 0 Å². The van der Waals surface area contributed by atoms with Gasteiger partial charge >= 0.3 is 23.9 Å². The monoisotopic (exact) mass is 1150 g/mol. The van der Waals surface area contributed by atoms with Gasteiger partial charge in [0, 0.05) is 89.3 Å². The van der Waals surface area contributed by atoms with Crippen LogP contribution in [-0.4, -0.2) is 190 Å². The third-order valence-electron chi connectivity index (χ3n) is 12.9. The molecule has 0 aromatic heterocycles. The van der Waals surface area contributed by atoms with Gasteiger partial charge in [-0.05, 0) is 25.7 Å². The van der Waals surface area contributed by atoms with Crippen molar-refractivity contribution in [2.45, 2.75) is 231 Å². The molecule has 78 heavy (non-hydrogen) atoms. The summed E-state index contributed by atoms with van der Waals surface area (Å²) in [7, 11) is 0. The normalized spacial score (nSPS) is 16.0. The van der Waals surface area contributed by atoms with Crippen molar-refractivity contribution in [3.05, 3.63) is 0 Å². The molecule has 6 unspecified atom stereocenters. The SMILES string of the molecule is CCCCCCCC(=O)OCC(O)CN(CCSC(=O)CC1NC(=O)C(CC(=O)SCCN(CC(O)COC(=O)CCCCCCC)CC(O)COC(=O)CCCCCCC)NC1=O)CC(O)COC(=O)CCCCCCC. The van der Waals surface area contributed by atoms with E-state index < -0.39 is 82.4 Å². The van der Waals surface area contributed by atoms with Crippen molar-refractivity contribution in [1.82, 2.24) is 20.4 Å². The molecule has 0 saturated carbocycles. The van der Waals surface area contributed by atoms with Gasteiger partial charge in [0.05, 0.1) is 0 Å². The maximum absolute atomic E-state index is 13.1. The second-order valence-corrected chi connectivity index (χ2v) is 22.8. The predicted octanol–water partition coefficient (Wildman–Crippen LogP) is 5.93. The Bertz CT molecular complexity index is 1490. The number of unbranched alkanes of at least 4 members (excludes halogenated alkanes) is 16. The van der Waals surface area contributed by atoms with E-state index in [1.165, 1.54) is 0 Å². The number of hydrogen-bond acceptors (Lipinski definition) is 20. The molecule has 2 amide bonds. The molecule has 452 valence electrons. The van der Waals surface area contributed by atoms with Gasteiger partial charge in [-0.3, -0.25) is 48.2 Å². The minimum Gasteiger partial charge on any atom is -0.463 e. The van der Waals surface area contributed by atoms with Crippen LogP contribution < -0.4 is 10.6 Å². The Balaban J connectivity index is 2.76. The van der Waals surface area contributed by atoms with Crippen molar-refractivity contribution in [1.29, 1.82) is 0 Å². The van der Waals surface area contributed by atoms with Gasteiger partial charge in [0.25, 0.3) is 0 Å². The number of carbonyl (C=O) groups is 8. The third-order valence-corrected chi connectivity index (χ3v) is 14.7. The van der Waals surface area contributed by atoms with Gasteiger partial charge in [-0.1, -0.05) is 154 Å². The Morgan fingerprint density at radius 3 is 0.910 bits per heavy atom. The highest BCUT2D eigenvalue weighted by atomic mass is 32.2. The van der Waals surface area contributed by atoms with E-state index in [0.717, 1.165) is 126 Å². The van der Waals surface area contributed by atoms with Crippen molar-refractivity contribution in [2.75, 3.05) is 77.2 Å². The Kier molecular flexibility index (Phi) is 44.0. The summed E-state index contributed by atoms with van der Waals surface area (Å²) in [5.41, 5.74) is 0. The molecule has 6 N–H and O–H groups in total. The number of amides is 2. The Hall–Kier alpha value is -3.38. The van der Waals surface area contributed by atoms with E-state index in [1.54, 1.807) is 9.80 Å². The van der Waals surface area contributed by atoms with Crippen molar-refractivity contribution < 1.29 is 77.7 Å². The molecule has 0 bridgehead atoms. The smallest absolute Gasteiger partial charge is 0.305 e. The summed E-state index contributed by atoms with van der Waals surface area (Å²) in [5.74, 6) is -2.63. The number of ether oxygens (including phenoxy) is 4. The van der Waals surface area contributed by atoms with Gasteiger partial charge in [-0.15, -0.1) is 0 Å². The lowest BCUT2D eigenvalue weighted by atomic mass is 10.1. The molecule has 0 aliphatic carbocycles. The van der Waals surface area contributed by atoms with E-state index in [1.807, 2.05) is 0 Å². The quantitative estimate of drug-likeness (QED) is 0.0234. The molecule has 0 spiro atoms. The molecule has 1 heterocycles. The lowest BCUT2D eigenvalue weighted by Gasteiger charge is -2.29. The highest BCUT2D eigenvalue weighted by Gasteiger charge is 2.36. The fraction of sp³-hybridized carbons (Fsp3) is 0.857. The van der Waals surface area contributed by atoms with Crippen LogP contribution in [-0.2, 0) is 57.3 Å². The van der Waals surface area contributed by atoms with Crippen molar-refractivity contribution in [3.63, 3.8) is 0 Å². The van der Waals surface area contributed by atoms with Crippen molar-refractivity contribution >= 4 is 69.4 Å². The Morgan fingerprint density at radius 2 is 0.667 bits per heavy atom. The lowest BCUT2D eigenvalue weighted by Crippen LogP contribution is -2.62. The van der Waals surface area contributed by atoms with Gasteiger partial charge < -0.3 is 50.0 Å². The molecule has 0 aromatic rings. The van der Waals surface area contributed by atoms with E-state index >= 15 is 0 Å². The molecule has 1 saturated heterocycles. The van der Waals surface area contributed by atoms with Gasteiger partial charge in [0.2, 0.25) is 11.8 Å². The van der Waals surface area contributed by atoms with Crippen LogP contribution in [0.25, 0.3) is 0 Å². The zero-order valence-corrected chi connectivity index (χ0v) is 49.4. The molecule has 1 fully saturated rings. The lowest BCUT2D eigenvalue weighted by molar-refractivity contribution is -0.148. The van der Waals surface area contributed by atoms with Crippen LogP contribution >= 0.6 is 23.5 Å². The maximum Gasteiger partial charge on any atom is 0.305 e. The topological polar surface area (TPSA) is 285 Å². The summed E-state index contributed by atoms with van der Waals surface area (Å²) < 4.78 is 21.2.